The molecule has 0 bridgehead atoms. The van der Waals surface area contributed by atoms with Gasteiger partial charge in [-0.05, 0) is 26.0 Å². The number of sulfone groups is 1. The van der Waals surface area contributed by atoms with Crippen molar-refractivity contribution in [2.24, 2.45) is 0 Å². The van der Waals surface area contributed by atoms with Crippen molar-refractivity contribution in [1.29, 1.82) is 0 Å². The molecule has 0 aromatic heterocycles. The SMILES string of the molecule is C=C(C)CN(CC)C(=O)CS(=O)(=O)c1ccccc1. The molecule has 0 saturated carbocycles. The lowest BCUT2D eigenvalue weighted by Gasteiger charge is -2.20. The minimum Gasteiger partial charge on any atom is -0.338 e. The third-order valence-corrected chi connectivity index (χ3v) is 4.23. The van der Waals surface area contributed by atoms with Gasteiger partial charge in [-0.25, -0.2) is 8.42 Å². The van der Waals surface area contributed by atoms with Gasteiger partial charge >= 0.3 is 0 Å². The smallest absolute Gasteiger partial charge is 0.238 e. The van der Waals surface area contributed by atoms with Crippen LogP contribution < -0.4 is 0 Å². The van der Waals surface area contributed by atoms with Gasteiger partial charge in [-0.1, -0.05) is 30.4 Å². The zero-order valence-electron chi connectivity index (χ0n) is 11.3. The summed E-state index contributed by atoms with van der Waals surface area (Å²) in [5.74, 6) is -0.896. The molecule has 104 valence electrons. The Kier molecular flexibility index (Phi) is 5.30. The first-order valence-electron chi connectivity index (χ1n) is 6.06. The van der Waals surface area contributed by atoms with Crippen molar-refractivity contribution >= 4 is 15.7 Å². The third-order valence-electron chi connectivity index (χ3n) is 2.61. The third kappa shape index (κ3) is 4.52. The summed E-state index contributed by atoms with van der Waals surface area (Å²) in [6.45, 7) is 8.22. The lowest BCUT2D eigenvalue weighted by Crippen LogP contribution is -2.36. The van der Waals surface area contributed by atoms with Gasteiger partial charge in [0.2, 0.25) is 5.91 Å². The summed E-state index contributed by atoms with van der Waals surface area (Å²) in [5, 5.41) is 0. The summed E-state index contributed by atoms with van der Waals surface area (Å²) in [6.07, 6.45) is 0. The number of nitrogens with zero attached hydrogens (tertiary/aromatic N) is 1. The number of hydrogen-bond donors (Lipinski definition) is 0. The Morgan fingerprint density at radius 2 is 1.84 bits per heavy atom. The van der Waals surface area contributed by atoms with Crippen molar-refractivity contribution in [1.82, 2.24) is 4.90 Å². The zero-order chi connectivity index (χ0) is 14.5. The molecule has 0 spiro atoms. The standard InChI is InChI=1S/C14H19NO3S/c1-4-15(10-12(2)3)14(16)11-19(17,18)13-8-6-5-7-9-13/h5-9H,2,4,10-11H2,1,3H3. The van der Waals surface area contributed by atoms with Crippen molar-refractivity contribution in [3.8, 4) is 0 Å². The number of carbonyl (C=O) groups excluding carboxylic acids is 1. The van der Waals surface area contributed by atoms with Gasteiger partial charge in [0.1, 0.15) is 5.75 Å². The summed E-state index contributed by atoms with van der Waals surface area (Å²) in [6, 6.07) is 8.02. The highest BCUT2D eigenvalue weighted by molar-refractivity contribution is 7.92. The van der Waals surface area contributed by atoms with Crippen molar-refractivity contribution in [2.75, 3.05) is 18.8 Å². The van der Waals surface area contributed by atoms with E-state index in [2.05, 4.69) is 6.58 Å². The van der Waals surface area contributed by atoms with Crippen molar-refractivity contribution < 1.29 is 13.2 Å². The van der Waals surface area contributed by atoms with Gasteiger partial charge in [-0.15, -0.1) is 0 Å². The van der Waals surface area contributed by atoms with E-state index in [-0.39, 0.29) is 4.90 Å². The molecule has 0 N–H and O–H groups in total. The summed E-state index contributed by atoms with van der Waals surface area (Å²) in [7, 11) is -3.57. The van der Waals surface area contributed by atoms with Crippen LogP contribution in [0, 0.1) is 0 Å². The van der Waals surface area contributed by atoms with E-state index in [4.69, 9.17) is 0 Å². The number of amides is 1. The first-order valence-corrected chi connectivity index (χ1v) is 7.72. The molecule has 1 aromatic carbocycles. The second-order valence-electron chi connectivity index (χ2n) is 4.44. The van der Waals surface area contributed by atoms with Crippen LogP contribution in [0.5, 0.6) is 0 Å². The normalized spacial score (nSPS) is 11.1. The van der Waals surface area contributed by atoms with E-state index in [9.17, 15) is 13.2 Å². The molecule has 1 aromatic rings. The maximum Gasteiger partial charge on any atom is 0.238 e. The topological polar surface area (TPSA) is 54.5 Å². The highest BCUT2D eigenvalue weighted by atomic mass is 32.2. The molecule has 5 heteroatoms. The number of rotatable bonds is 6. The molecule has 0 atom stereocenters. The highest BCUT2D eigenvalue weighted by Gasteiger charge is 2.22. The Hall–Kier alpha value is -1.62. The Balaban J connectivity index is 2.84. The molecular weight excluding hydrogens is 262 g/mol. The summed E-state index contributed by atoms with van der Waals surface area (Å²) in [5.41, 5.74) is 0.826. The van der Waals surface area contributed by atoms with Gasteiger partial charge in [0.15, 0.2) is 9.84 Å². The van der Waals surface area contributed by atoms with Crippen LogP contribution in [0.25, 0.3) is 0 Å². The molecule has 0 aliphatic carbocycles. The number of likely N-dealkylation sites (N-methyl/N-ethyl adjacent to an activating group) is 1. The lowest BCUT2D eigenvalue weighted by molar-refractivity contribution is -0.127. The molecule has 0 aliphatic rings. The second kappa shape index (κ2) is 6.52. The van der Waals surface area contributed by atoms with Gasteiger partial charge in [0.05, 0.1) is 4.90 Å². The van der Waals surface area contributed by atoms with Gasteiger partial charge in [-0.2, -0.15) is 0 Å². The average molecular weight is 281 g/mol. The van der Waals surface area contributed by atoms with Crippen LogP contribution in [0.3, 0.4) is 0 Å². The number of benzene rings is 1. The van der Waals surface area contributed by atoms with Crippen molar-refractivity contribution in [3.05, 3.63) is 42.5 Å². The fraction of sp³-hybridized carbons (Fsp3) is 0.357. The fourth-order valence-corrected chi connectivity index (χ4v) is 2.91. The molecule has 19 heavy (non-hydrogen) atoms. The van der Waals surface area contributed by atoms with E-state index in [1.54, 1.807) is 18.2 Å². The minimum absolute atomic E-state index is 0.176. The summed E-state index contributed by atoms with van der Waals surface area (Å²) >= 11 is 0. The van der Waals surface area contributed by atoms with Gasteiger partial charge in [-0.3, -0.25) is 4.79 Å². The van der Waals surface area contributed by atoms with Crippen LogP contribution >= 0.6 is 0 Å². The zero-order valence-corrected chi connectivity index (χ0v) is 12.1. The molecule has 0 unspecified atom stereocenters. The molecule has 1 amide bonds. The molecule has 0 radical (unpaired) electrons. The van der Waals surface area contributed by atoms with Crippen LogP contribution in [0.1, 0.15) is 13.8 Å². The highest BCUT2D eigenvalue weighted by Crippen LogP contribution is 2.11. The monoisotopic (exact) mass is 281 g/mol. The molecule has 1 rings (SSSR count). The van der Waals surface area contributed by atoms with Crippen LogP contribution in [-0.2, 0) is 14.6 Å². The summed E-state index contributed by atoms with van der Waals surface area (Å²) < 4.78 is 24.2. The maximum absolute atomic E-state index is 12.1. The predicted molar refractivity (Wildman–Crippen MR) is 75.6 cm³/mol. The Bertz CT molecular complexity index is 549. The number of carbonyl (C=O) groups is 1. The second-order valence-corrected chi connectivity index (χ2v) is 6.43. The minimum atomic E-state index is -3.57. The van der Waals surface area contributed by atoms with Crippen molar-refractivity contribution in [3.63, 3.8) is 0 Å². The van der Waals surface area contributed by atoms with Crippen LogP contribution in [0.2, 0.25) is 0 Å². The molecule has 0 saturated heterocycles. The van der Waals surface area contributed by atoms with Gasteiger partial charge in [0.25, 0.3) is 0 Å². The van der Waals surface area contributed by atoms with Crippen molar-refractivity contribution in [2.45, 2.75) is 18.7 Å². The van der Waals surface area contributed by atoms with Gasteiger partial charge in [0, 0.05) is 13.1 Å². The Morgan fingerprint density at radius 1 is 1.26 bits per heavy atom. The Morgan fingerprint density at radius 3 is 2.32 bits per heavy atom. The largest absolute Gasteiger partial charge is 0.338 e. The first kappa shape index (κ1) is 15.4. The molecule has 0 fully saturated rings. The van der Waals surface area contributed by atoms with Gasteiger partial charge < -0.3 is 4.90 Å². The quantitative estimate of drug-likeness (QED) is 0.748. The van der Waals surface area contributed by atoms with E-state index in [0.717, 1.165) is 5.57 Å². The van der Waals surface area contributed by atoms with E-state index >= 15 is 0 Å². The van der Waals surface area contributed by atoms with E-state index < -0.39 is 21.5 Å². The van der Waals surface area contributed by atoms with E-state index in [1.165, 1.54) is 17.0 Å². The molecule has 0 aliphatic heterocycles. The summed E-state index contributed by atoms with van der Waals surface area (Å²) in [4.78, 5) is 13.7. The van der Waals surface area contributed by atoms with E-state index in [0.29, 0.717) is 13.1 Å². The molecular formula is C14H19NO3S. The first-order chi connectivity index (χ1) is 8.86. The lowest BCUT2D eigenvalue weighted by atomic mass is 10.3. The van der Waals surface area contributed by atoms with Crippen LogP contribution in [-0.4, -0.2) is 38.1 Å². The Labute approximate surface area is 114 Å². The van der Waals surface area contributed by atoms with Crippen LogP contribution in [0.15, 0.2) is 47.4 Å². The average Bonchev–Trinajstić information content (AvgIpc) is 2.36. The molecule has 0 heterocycles. The van der Waals surface area contributed by atoms with Crippen LogP contribution in [0.4, 0.5) is 0 Å². The van der Waals surface area contributed by atoms with E-state index in [1.807, 2.05) is 13.8 Å². The maximum atomic E-state index is 12.1. The number of hydrogen-bond acceptors (Lipinski definition) is 3. The predicted octanol–water partition coefficient (Wildman–Crippen LogP) is 1.88. The molecule has 4 nitrogen and oxygen atoms in total. The fourth-order valence-electron chi connectivity index (χ4n) is 1.67.